The molecule has 1 unspecified atom stereocenters. The largest absolute Gasteiger partial charge is 0.101 e. The van der Waals surface area contributed by atoms with E-state index in [1.165, 1.54) is 19.3 Å². The van der Waals surface area contributed by atoms with Crippen LogP contribution in [0.1, 0.15) is 60.8 Å². The van der Waals surface area contributed by atoms with Crippen molar-refractivity contribution in [2.24, 2.45) is 5.41 Å². The Morgan fingerprint density at radius 2 is 1.40 bits per heavy atom. The highest BCUT2D eigenvalue weighted by atomic mass is 28.3. The lowest BCUT2D eigenvalue weighted by atomic mass is 9.91. The first kappa shape index (κ1) is 15.0. The van der Waals surface area contributed by atoms with E-state index in [4.69, 9.17) is 0 Å². The van der Waals surface area contributed by atoms with Crippen LogP contribution < -0.4 is 0 Å². The fourth-order valence-corrected chi connectivity index (χ4v) is 4.21. The van der Waals surface area contributed by atoms with Crippen molar-refractivity contribution in [2.45, 2.75) is 72.4 Å². The van der Waals surface area contributed by atoms with Gasteiger partial charge in [0.05, 0.1) is 8.80 Å². The smallest absolute Gasteiger partial charge is 0.0638 e. The SMILES string of the molecule is CCC(C)(C)C=C[SiH](C)C(C)(CC)CC. The zero-order chi connectivity index (χ0) is 12.1. The van der Waals surface area contributed by atoms with Gasteiger partial charge in [-0.15, -0.1) is 5.70 Å². The summed E-state index contributed by atoms with van der Waals surface area (Å²) in [5.74, 6) is 0. The minimum absolute atomic E-state index is 0.393. The molecule has 0 bridgehead atoms. The summed E-state index contributed by atoms with van der Waals surface area (Å²) in [5, 5.41) is 0.611. The summed E-state index contributed by atoms with van der Waals surface area (Å²) in [7, 11) is -0.726. The molecule has 0 aliphatic rings. The van der Waals surface area contributed by atoms with E-state index < -0.39 is 8.80 Å². The van der Waals surface area contributed by atoms with Crippen LogP contribution in [-0.4, -0.2) is 8.80 Å². The van der Waals surface area contributed by atoms with Gasteiger partial charge in [0.2, 0.25) is 0 Å². The molecule has 0 rings (SSSR count). The lowest BCUT2D eigenvalue weighted by Crippen LogP contribution is -2.25. The summed E-state index contributed by atoms with van der Waals surface area (Å²) in [6.07, 6.45) is 6.36. The zero-order valence-corrected chi connectivity index (χ0v) is 13.0. The molecule has 0 fully saturated rings. The standard InChI is InChI=1S/C14H30Si/c1-8-13(4,5)11-12-15(7)14(6,9-2)10-3/h11-12,15H,8-10H2,1-7H3. The van der Waals surface area contributed by atoms with Gasteiger partial charge in [0.15, 0.2) is 0 Å². The van der Waals surface area contributed by atoms with Crippen LogP contribution in [0.25, 0.3) is 0 Å². The Kier molecular flexibility index (Phi) is 5.87. The minimum atomic E-state index is -0.726. The lowest BCUT2D eigenvalue weighted by molar-refractivity contribution is 0.462. The van der Waals surface area contributed by atoms with Gasteiger partial charge in [-0.25, -0.2) is 0 Å². The predicted octanol–water partition coefficient (Wildman–Crippen LogP) is 4.96. The minimum Gasteiger partial charge on any atom is -0.101 e. The number of hydrogen-bond acceptors (Lipinski definition) is 0. The first-order valence-corrected chi connectivity index (χ1v) is 8.90. The monoisotopic (exact) mass is 226 g/mol. The normalized spacial score (nSPS) is 15.9. The highest BCUT2D eigenvalue weighted by Gasteiger charge is 2.26. The highest BCUT2D eigenvalue weighted by molar-refractivity contribution is 6.66. The van der Waals surface area contributed by atoms with E-state index in [1.54, 1.807) is 0 Å². The maximum absolute atomic E-state index is 2.57. The molecule has 0 heterocycles. The Labute approximate surface area is 98.8 Å². The Morgan fingerprint density at radius 1 is 0.933 bits per heavy atom. The molecular weight excluding hydrogens is 196 g/mol. The van der Waals surface area contributed by atoms with E-state index in [9.17, 15) is 0 Å². The van der Waals surface area contributed by atoms with Crippen LogP contribution in [0.15, 0.2) is 11.8 Å². The van der Waals surface area contributed by atoms with Crippen molar-refractivity contribution in [3.05, 3.63) is 11.8 Å². The van der Waals surface area contributed by atoms with Crippen LogP contribution in [0, 0.1) is 5.41 Å². The van der Waals surface area contributed by atoms with Gasteiger partial charge in [-0.3, -0.25) is 0 Å². The van der Waals surface area contributed by atoms with E-state index in [0.717, 1.165) is 0 Å². The second-order valence-corrected chi connectivity index (χ2v) is 9.21. The Balaban J connectivity index is 4.54. The van der Waals surface area contributed by atoms with Crippen LogP contribution in [0.5, 0.6) is 0 Å². The predicted molar refractivity (Wildman–Crippen MR) is 75.2 cm³/mol. The van der Waals surface area contributed by atoms with Crippen molar-refractivity contribution in [1.82, 2.24) is 0 Å². The molecule has 90 valence electrons. The van der Waals surface area contributed by atoms with E-state index >= 15 is 0 Å². The molecule has 1 atom stereocenters. The van der Waals surface area contributed by atoms with Crippen LogP contribution in [0.3, 0.4) is 0 Å². The van der Waals surface area contributed by atoms with Crippen molar-refractivity contribution < 1.29 is 0 Å². The van der Waals surface area contributed by atoms with Gasteiger partial charge in [0.1, 0.15) is 0 Å². The van der Waals surface area contributed by atoms with Gasteiger partial charge < -0.3 is 0 Å². The molecule has 0 aromatic carbocycles. The van der Waals surface area contributed by atoms with Gasteiger partial charge in [-0.1, -0.05) is 67.0 Å². The molecule has 0 radical (unpaired) electrons. The third-order valence-corrected chi connectivity index (χ3v) is 8.25. The summed E-state index contributed by atoms with van der Waals surface area (Å²) in [4.78, 5) is 0. The summed E-state index contributed by atoms with van der Waals surface area (Å²) in [6.45, 7) is 16.6. The van der Waals surface area contributed by atoms with Crippen LogP contribution in [0.2, 0.25) is 11.6 Å². The van der Waals surface area contributed by atoms with E-state index in [1.807, 2.05) is 0 Å². The van der Waals surface area contributed by atoms with Gasteiger partial charge in [0.25, 0.3) is 0 Å². The highest BCUT2D eigenvalue weighted by Crippen LogP contribution is 2.38. The second kappa shape index (κ2) is 5.88. The fraction of sp³-hybridized carbons (Fsp3) is 0.857. The summed E-state index contributed by atoms with van der Waals surface area (Å²) >= 11 is 0. The Morgan fingerprint density at radius 3 is 1.73 bits per heavy atom. The molecule has 0 aliphatic heterocycles. The van der Waals surface area contributed by atoms with E-state index in [2.05, 4.69) is 59.9 Å². The topological polar surface area (TPSA) is 0 Å². The van der Waals surface area contributed by atoms with Gasteiger partial charge in [-0.05, 0) is 16.9 Å². The molecule has 0 aromatic heterocycles. The van der Waals surface area contributed by atoms with E-state index in [0.29, 0.717) is 10.5 Å². The van der Waals surface area contributed by atoms with Crippen molar-refractivity contribution in [1.29, 1.82) is 0 Å². The van der Waals surface area contributed by atoms with Crippen molar-refractivity contribution in [3.8, 4) is 0 Å². The van der Waals surface area contributed by atoms with Crippen LogP contribution in [-0.2, 0) is 0 Å². The molecular formula is C14H30Si. The Bertz CT molecular complexity index is 199. The van der Waals surface area contributed by atoms with Crippen molar-refractivity contribution in [2.75, 3.05) is 0 Å². The van der Waals surface area contributed by atoms with Crippen molar-refractivity contribution in [3.63, 3.8) is 0 Å². The number of rotatable bonds is 6. The maximum Gasteiger partial charge on any atom is 0.0638 e. The summed E-state index contributed by atoms with van der Waals surface area (Å²) < 4.78 is 0. The van der Waals surface area contributed by atoms with Crippen LogP contribution >= 0.6 is 0 Å². The molecule has 0 aromatic rings. The molecule has 0 amide bonds. The fourth-order valence-electron chi connectivity index (χ4n) is 1.65. The third-order valence-electron chi connectivity index (χ3n) is 4.46. The lowest BCUT2D eigenvalue weighted by Gasteiger charge is -2.31. The number of allylic oxidation sites excluding steroid dienone is 1. The average Bonchev–Trinajstić information content (AvgIpc) is 2.24. The zero-order valence-electron chi connectivity index (χ0n) is 11.9. The maximum atomic E-state index is 2.57. The first-order valence-electron chi connectivity index (χ1n) is 6.50. The average molecular weight is 226 g/mol. The number of hydrogen-bond donors (Lipinski definition) is 0. The van der Waals surface area contributed by atoms with Gasteiger partial charge >= 0.3 is 0 Å². The molecule has 1 heteroatoms. The van der Waals surface area contributed by atoms with Crippen LogP contribution in [0.4, 0.5) is 0 Å². The van der Waals surface area contributed by atoms with Gasteiger partial charge in [0, 0.05) is 0 Å². The molecule has 0 nitrogen and oxygen atoms in total. The summed E-state index contributed by atoms with van der Waals surface area (Å²) in [5.41, 5.74) is 2.96. The molecule has 15 heavy (non-hydrogen) atoms. The van der Waals surface area contributed by atoms with E-state index in [-0.39, 0.29) is 0 Å². The van der Waals surface area contributed by atoms with Gasteiger partial charge in [-0.2, -0.15) is 0 Å². The molecule has 0 saturated heterocycles. The molecule has 0 spiro atoms. The summed E-state index contributed by atoms with van der Waals surface area (Å²) in [6, 6.07) is 0. The third kappa shape index (κ3) is 4.54. The quantitative estimate of drug-likeness (QED) is 0.562. The first-order chi connectivity index (χ1) is 6.81. The second-order valence-electron chi connectivity index (χ2n) is 5.85. The molecule has 0 N–H and O–H groups in total. The molecule has 0 saturated carbocycles. The van der Waals surface area contributed by atoms with Crippen molar-refractivity contribution >= 4 is 8.80 Å². The Hall–Kier alpha value is -0.0431. The molecule has 0 aliphatic carbocycles.